The molecule has 0 unspecified atom stereocenters. The van der Waals surface area contributed by atoms with E-state index in [1.807, 2.05) is 35.0 Å². The molecular formula is C18H16N2O3S. The lowest BCUT2D eigenvalue weighted by Crippen LogP contribution is -2.04. The number of phenols is 1. The number of thioether (sulfide) groups is 1. The summed E-state index contributed by atoms with van der Waals surface area (Å²) in [5, 5.41) is 10.0. The number of phenolic OH excluding ortho intramolecular Hbond substituents is 1. The van der Waals surface area contributed by atoms with Crippen molar-refractivity contribution in [2.24, 2.45) is 0 Å². The summed E-state index contributed by atoms with van der Waals surface area (Å²) in [6.07, 6.45) is 3.56. The van der Waals surface area contributed by atoms with Gasteiger partial charge in [-0.05, 0) is 48.5 Å². The Balaban J connectivity index is 1.71. The second-order valence-electron chi connectivity index (χ2n) is 5.04. The molecule has 3 rings (SSSR count). The van der Waals surface area contributed by atoms with Crippen molar-refractivity contribution in [1.82, 2.24) is 9.55 Å². The van der Waals surface area contributed by atoms with Gasteiger partial charge in [0, 0.05) is 23.6 Å². The Hall–Kier alpha value is -2.73. The lowest BCUT2D eigenvalue weighted by atomic mass is 10.1. The Morgan fingerprint density at radius 2 is 1.88 bits per heavy atom. The number of hydrogen-bond donors (Lipinski definition) is 1. The predicted molar refractivity (Wildman–Crippen MR) is 93.3 cm³/mol. The number of carbonyl (C=O) groups excluding carboxylic acids is 1. The van der Waals surface area contributed by atoms with Crippen LogP contribution in [0.3, 0.4) is 0 Å². The van der Waals surface area contributed by atoms with Crippen molar-refractivity contribution in [2.45, 2.75) is 5.16 Å². The molecule has 3 aromatic rings. The minimum absolute atomic E-state index is 0.00993. The molecule has 0 saturated heterocycles. The van der Waals surface area contributed by atoms with Crippen LogP contribution >= 0.6 is 11.8 Å². The largest absolute Gasteiger partial charge is 0.508 e. The van der Waals surface area contributed by atoms with E-state index in [0.29, 0.717) is 5.56 Å². The van der Waals surface area contributed by atoms with Crippen molar-refractivity contribution in [3.8, 4) is 17.2 Å². The van der Waals surface area contributed by atoms with Crippen LogP contribution in [0, 0.1) is 0 Å². The molecule has 0 aliphatic rings. The van der Waals surface area contributed by atoms with E-state index in [0.717, 1.165) is 16.6 Å². The van der Waals surface area contributed by atoms with Crippen LogP contribution in [0.15, 0.2) is 66.1 Å². The number of ether oxygens (including phenoxy) is 1. The number of nitrogens with zero attached hydrogens (tertiary/aromatic N) is 2. The maximum atomic E-state index is 12.2. The summed E-state index contributed by atoms with van der Waals surface area (Å²) in [4.78, 5) is 16.5. The molecule has 0 saturated carbocycles. The highest BCUT2D eigenvalue weighted by Crippen LogP contribution is 2.23. The van der Waals surface area contributed by atoms with E-state index < -0.39 is 0 Å². The number of aromatic nitrogens is 2. The molecule has 1 heterocycles. The third-order valence-electron chi connectivity index (χ3n) is 3.48. The number of carbonyl (C=O) groups is 1. The fraction of sp³-hybridized carbons (Fsp3) is 0.111. The summed E-state index contributed by atoms with van der Waals surface area (Å²) >= 11 is 1.37. The van der Waals surface area contributed by atoms with E-state index in [2.05, 4.69) is 4.98 Å². The van der Waals surface area contributed by atoms with Crippen molar-refractivity contribution in [1.29, 1.82) is 0 Å². The second-order valence-corrected chi connectivity index (χ2v) is 5.98. The second kappa shape index (κ2) is 7.23. The van der Waals surface area contributed by atoms with Crippen LogP contribution < -0.4 is 4.74 Å². The van der Waals surface area contributed by atoms with Gasteiger partial charge in [0.25, 0.3) is 0 Å². The summed E-state index contributed by atoms with van der Waals surface area (Å²) in [6, 6.07) is 13.9. The molecule has 0 amide bonds. The first kappa shape index (κ1) is 16.1. The Kier molecular flexibility index (Phi) is 4.86. The van der Waals surface area contributed by atoms with Crippen LogP contribution in [-0.2, 0) is 0 Å². The van der Waals surface area contributed by atoms with Crippen molar-refractivity contribution in [3.63, 3.8) is 0 Å². The number of ketones is 1. The molecule has 0 fully saturated rings. The van der Waals surface area contributed by atoms with E-state index in [4.69, 9.17) is 4.74 Å². The van der Waals surface area contributed by atoms with Crippen LogP contribution in [0.1, 0.15) is 10.4 Å². The monoisotopic (exact) mass is 340 g/mol. The Labute approximate surface area is 143 Å². The zero-order valence-corrected chi connectivity index (χ0v) is 13.9. The molecule has 0 radical (unpaired) electrons. The first-order chi connectivity index (χ1) is 11.7. The molecular weight excluding hydrogens is 324 g/mol. The Bertz CT molecular complexity index is 826. The number of methoxy groups -OCH3 is 1. The van der Waals surface area contributed by atoms with E-state index in [1.54, 1.807) is 25.4 Å². The number of aromatic hydroxyl groups is 1. The molecule has 1 N–H and O–H groups in total. The normalized spacial score (nSPS) is 10.5. The highest BCUT2D eigenvalue weighted by Gasteiger charge is 2.11. The minimum atomic E-state index is -0.00993. The molecule has 0 bridgehead atoms. The minimum Gasteiger partial charge on any atom is -0.508 e. The van der Waals surface area contributed by atoms with Crippen LogP contribution in [0.2, 0.25) is 0 Å². The molecule has 122 valence electrons. The quantitative estimate of drug-likeness (QED) is 0.549. The van der Waals surface area contributed by atoms with Gasteiger partial charge in [-0.3, -0.25) is 9.36 Å². The van der Waals surface area contributed by atoms with E-state index >= 15 is 0 Å². The number of Topliss-reactive ketones (excluding diaryl/α,β-unsaturated/α-hetero) is 1. The number of hydrogen-bond acceptors (Lipinski definition) is 5. The molecule has 6 heteroatoms. The number of rotatable bonds is 6. The van der Waals surface area contributed by atoms with Crippen molar-refractivity contribution < 1.29 is 14.6 Å². The van der Waals surface area contributed by atoms with Crippen LogP contribution in [0.5, 0.6) is 11.5 Å². The summed E-state index contributed by atoms with van der Waals surface area (Å²) in [7, 11) is 1.63. The van der Waals surface area contributed by atoms with Crippen LogP contribution in [-0.4, -0.2) is 33.3 Å². The lowest BCUT2D eigenvalue weighted by molar-refractivity contribution is 0.102. The zero-order chi connectivity index (χ0) is 16.9. The van der Waals surface area contributed by atoms with Gasteiger partial charge in [-0.1, -0.05) is 11.8 Å². The van der Waals surface area contributed by atoms with Crippen molar-refractivity contribution >= 4 is 17.5 Å². The standard InChI is InChI=1S/C18H16N2O3S/c1-23-16-8-4-14(5-9-16)20-11-10-19-18(20)24-12-17(22)13-2-6-15(21)7-3-13/h2-11,21H,12H2,1H3. The van der Waals surface area contributed by atoms with Crippen LogP contribution in [0.25, 0.3) is 5.69 Å². The van der Waals surface area contributed by atoms with Gasteiger partial charge in [0.1, 0.15) is 11.5 Å². The average molecular weight is 340 g/mol. The highest BCUT2D eigenvalue weighted by atomic mass is 32.2. The fourth-order valence-corrected chi connectivity index (χ4v) is 3.06. The van der Waals surface area contributed by atoms with Gasteiger partial charge in [0.05, 0.1) is 12.9 Å². The number of imidazole rings is 1. The summed E-state index contributed by atoms with van der Waals surface area (Å²) < 4.78 is 7.09. The third kappa shape index (κ3) is 3.60. The third-order valence-corrected chi connectivity index (χ3v) is 4.45. The number of benzene rings is 2. The van der Waals surface area contributed by atoms with Gasteiger partial charge < -0.3 is 9.84 Å². The Morgan fingerprint density at radius 1 is 1.17 bits per heavy atom. The van der Waals surface area contributed by atoms with Crippen molar-refractivity contribution in [2.75, 3.05) is 12.9 Å². The van der Waals surface area contributed by atoms with Gasteiger partial charge >= 0.3 is 0 Å². The van der Waals surface area contributed by atoms with Crippen LogP contribution in [0.4, 0.5) is 0 Å². The smallest absolute Gasteiger partial charge is 0.173 e. The molecule has 0 aliphatic heterocycles. The maximum absolute atomic E-state index is 12.2. The fourth-order valence-electron chi connectivity index (χ4n) is 2.20. The molecule has 1 aromatic heterocycles. The summed E-state index contributed by atoms with van der Waals surface area (Å²) in [5.41, 5.74) is 1.52. The average Bonchev–Trinajstić information content (AvgIpc) is 3.09. The highest BCUT2D eigenvalue weighted by molar-refractivity contribution is 7.99. The maximum Gasteiger partial charge on any atom is 0.173 e. The van der Waals surface area contributed by atoms with E-state index in [9.17, 15) is 9.90 Å². The first-order valence-corrected chi connectivity index (χ1v) is 8.29. The summed E-state index contributed by atoms with van der Waals surface area (Å²) in [6.45, 7) is 0. The zero-order valence-electron chi connectivity index (χ0n) is 13.0. The molecule has 0 spiro atoms. The molecule has 24 heavy (non-hydrogen) atoms. The topological polar surface area (TPSA) is 64.4 Å². The van der Waals surface area contributed by atoms with Gasteiger partial charge in [-0.15, -0.1) is 0 Å². The Morgan fingerprint density at radius 3 is 2.54 bits per heavy atom. The molecule has 0 atom stereocenters. The summed E-state index contributed by atoms with van der Waals surface area (Å²) in [5.74, 6) is 1.20. The lowest BCUT2D eigenvalue weighted by Gasteiger charge is -2.08. The van der Waals surface area contributed by atoms with Gasteiger partial charge in [0.15, 0.2) is 10.9 Å². The molecule has 5 nitrogen and oxygen atoms in total. The van der Waals surface area contributed by atoms with Crippen molar-refractivity contribution in [3.05, 3.63) is 66.5 Å². The van der Waals surface area contributed by atoms with Gasteiger partial charge in [-0.25, -0.2) is 4.98 Å². The SMILES string of the molecule is COc1ccc(-n2ccnc2SCC(=O)c2ccc(O)cc2)cc1. The van der Waals surface area contributed by atoms with E-state index in [1.165, 1.54) is 23.9 Å². The predicted octanol–water partition coefficient (Wildman–Crippen LogP) is 3.56. The first-order valence-electron chi connectivity index (χ1n) is 7.30. The molecule has 2 aromatic carbocycles. The van der Waals surface area contributed by atoms with E-state index in [-0.39, 0.29) is 17.3 Å². The molecule has 0 aliphatic carbocycles. The van der Waals surface area contributed by atoms with Gasteiger partial charge in [0.2, 0.25) is 0 Å². The van der Waals surface area contributed by atoms with Gasteiger partial charge in [-0.2, -0.15) is 0 Å².